The van der Waals surface area contributed by atoms with Gasteiger partial charge in [-0.2, -0.15) is 0 Å². The summed E-state index contributed by atoms with van der Waals surface area (Å²) in [6, 6.07) is 0. The van der Waals surface area contributed by atoms with Crippen molar-refractivity contribution >= 4 is 5.91 Å². The molecule has 0 spiro atoms. The Bertz CT molecular complexity index is 724. The molecule has 0 aromatic carbocycles. The summed E-state index contributed by atoms with van der Waals surface area (Å²) in [5.74, 6) is 2.08. The molecule has 1 aliphatic heterocycles. The van der Waals surface area contributed by atoms with E-state index in [0.29, 0.717) is 17.9 Å². The molecule has 140 valence electrons. The van der Waals surface area contributed by atoms with Gasteiger partial charge < -0.3 is 14.4 Å². The van der Waals surface area contributed by atoms with E-state index in [4.69, 9.17) is 0 Å². The summed E-state index contributed by atoms with van der Waals surface area (Å²) < 4.78 is 2.25. The number of carbonyl (C=O) groups is 1. The van der Waals surface area contributed by atoms with Crippen LogP contribution in [0.2, 0.25) is 0 Å². The van der Waals surface area contributed by atoms with Gasteiger partial charge in [0.2, 0.25) is 0 Å². The highest BCUT2D eigenvalue weighted by atomic mass is 16.2. The van der Waals surface area contributed by atoms with E-state index in [1.54, 1.807) is 12.4 Å². The third-order valence-electron chi connectivity index (χ3n) is 4.85. The van der Waals surface area contributed by atoms with Gasteiger partial charge >= 0.3 is 0 Å². The third-order valence-corrected chi connectivity index (χ3v) is 4.85. The molecule has 0 radical (unpaired) electrons. The molecule has 0 bridgehead atoms. The molecule has 1 atom stereocenters. The van der Waals surface area contributed by atoms with E-state index in [-0.39, 0.29) is 11.8 Å². The topological polar surface area (TPSA) is 67.2 Å². The van der Waals surface area contributed by atoms with Crippen molar-refractivity contribution < 1.29 is 4.79 Å². The number of piperidine rings is 1. The number of imidazole rings is 1. The molecule has 2 aromatic rings. The molecule has 0 N–H and O–H groups in total. The van der Waals surface area contributed by atoms with Crippen molar-refractivity contribution in [3.8, 4) is 0 Å². The van der Waals surface area contributed by atoms with Gasteiger partial charge in [-0.1, -0.05) is 0 Å². The van der Waals surface area contributed by atoms with Crippen LogP contribution in [-0.2, 0) is 6.54 Å². The summed E-state index contributed by atoms with van der Waals surface area (Å²) in [6.07, 6.45) is 10.3. The average Bonchev–Trinajstić information content (AvgIpc) is 3.10. The van der Waals surface area contributed by atoms with E-state index in [9.17, 15) is 4.79 Å². The number of rotatable bonds is 6. The van der Waals surface area contributed by atoms with Crippen molar-refractivity contribution in [1.82, 2.24) is 29.3 Å². The Morgan fingerprint density at radius 3 is 2.77 bits per heavy atom. The monoisotopic (exact) mass is 356 g/mol. The zero-order valence-electron chi connectivity index (χ0n) is 15.9. The van der Waals surface area contributed by atoms with Crippen LogP contribution < -0.4 is 0 Å². The minimum absolute atomic E-state index is 0.0143. The first-order valence-corrected chi connectivity index (χ1v) is 9.28. The standard InChI is InChI=1S/C19H28N6O/c1-15-21-12-17(13-22-15)19(26)25-9-4-6-16(14-25)18-20-7-11-24(18)10-5-8-23(2)3/h7,11-13,16H,4-6,8-10,14H2,1-3H3. The summed E-state index contributed by atoms with van der Waals surface area (Å²) >= 11 is 0. The SMILES string of the molecule is Cc1ncc(C(=O)N2CCCC(c3nccn3CCCN(C)C)C2)cn1. The van der Waals surface area contributed by atoms with Crippen LogP contribution in [0.1, 0.15) is 47.2 Å². The molecule has 1 saturated heterocycles. The van der Waals surface area contributed by atoms with Crippen LogP contribution in [-0.4, -0.2) is 69.0 Å². The molecule has 3 heterocycles. The Morgan fingerprint density at radius 1 is 1.27 bits per heavy atom. The smallest absolute Gasteiger partial charge is 0.257 e. The van der Waals surface area contributed by atoms with Crippen LogP contribution >= 0.6 is 0 Å². The van der Waals surface area contributed by atoms with Crippen molar-refractivity contribution in [1.29, 1.82) is 0 Å². The zero-order valence-corrected chi connectivity index (χ0v) is 15.9. The summed E-state index contributed by atoms with van der Waals surface area (Å²) in [5, 5.41) is 0. The van der Waals surface area contributed by atoms with Gasteiger partial charge in [-0.25, -0.2) is 15.0 Å². The van der Waals surface area contributed by atoms with Gasteiger partial charge in [0.15, 0.2) is 0 Å². The van der Waals surface area contributed by atoms with E-state index in [2.05, 4.69) is 44.7 Å². The average molecular weight is 356 g/mol. The van der Waals surface area contributed by atoms with Gasteiger partial charge in [0, 0.05) is 50.3 Å². The summed E-state index contributed by atoms with van der Waals surface area (Å²) in [4.78, 5) is 29.8. The molecule has 2 aromatic heterocycles. The minimum atomic E-state index is 0.0143. The van der Waals surface area contributed by atoms with Gasteiger partial charge in [0.25, 0.3) is 5.91 Å². The Morgan fingerprint density at radius 2 is 2.04 bits per heavy atom. The fraction of sp³-hybridized carbons (Fsp3) is 0.579. The first-order valence-electron chi connectivity index (χ1n) is 9.28. The van der Waals surface area contributed by atoms with E-state index in [1.807, 2.05) is 18.0 Å². The Kier molecular flexibility index (Phi) is 5.98. The first-order chi connectivity index (χ1) is 12.5. The second-order valence-corrected chi connectivity index (χ2v) is 7.24. The van der Waals surface area contributed by atoms with E-state index in [1.165, 1.54) is 0 Å². The number of aromatic nitrogens is 4. The number of hydrogen-bond acceptors (Lipinski definition) is 5. The van der Waals surface area contributed by atoms with Crippen LogP contribution in [0.5, 0.6) is 0 Å². The molecular weight excluding hydrogens is 328 g/mol. The predicted octanol–water partition coefficient (Wildman–Crippen LogP) is 1.95. The molecule has 1 amide bonds. The Balaban J connectivity index is 1.66. The highest BCUT2D eigenvalue weighted by Gasteiger charge is 2.28. The highest BCUT2D eigenvalue weighted by molar-refractivity contribution is 5.93. The van der Waals surface area contributed by atoms with Crippen LogP contribution in [0.15, 0.2) is 24.8 Å². The maximum absolute atomic E-state index is 12.8. The second-order valence-electron chi connectivity index (χ2n) is 7.24. The molecule has 7 nitrogen and oxygen atoms in total. The van der Waals surface area contributed by atoms with Crippen LogP contribution in [0.3, 0.4) is 0 Å². The third kappa shape index (κ3) is 4.46. The second kappa shape index (κ2) is 8.40. The zero-order chi connectivity index (χ0) is 18.5. The molecule has 26 heavy (non-hydrogen) atoms. The quantitative estimate of drug-likeness (QED) is 0.791. The van der Waals surface area contributed by atoms with Crippen molar-refractivity contribution in [2.45, 2.75) is 38.6 Å². The first kappa shape index (κ1) is 18.5. The number of likely N-dealkylation sites (tertiary alicyclic amines) is 1. The predicted molar refractivity (Wildman–Crippen MR) is 100 cm³/mol. The largest absolute Gasteiger partial charge is 0.338 e. The Labute approximate surface area is 155 Å². The lowest BCUT2D eigenvalue weighted by molar-refractivity contribution is 0.0702. The van der Waals surface area contributed by atoms with Gasteiger partial charge in [-0.05, 0) is 46.8 Å². The maximum atomic E-state index is 12.8. The van der Waals surface area contributed by atoms with Crippen LogP contribution in [0.25, 0.3) is 0 Å². The van der Waals surface area contributed by atoms with Gasteiger partial charge in [-0.3, -0.25) is 4.79 Å². The fourth-order valence-corrected chi connectivity index (χ4v) is 3.48. The van der Waals surface area contributed by atoms with Crippen molar-refractivity contribution in [2.24, 2.45) is 0 Å². The number of nitrogens with zero attached hydrogens (tertiary/aromatic N) is 6. The molecule has 1 fully saturated rings. The lowest BCUT2D eigenvalue weighted by atomic mass is 9.96. The number of hydrogen-bond donors (Lipinski definition) is 0. The molecular formula is C19H28N6O. The van der Waals surface area contributed by atoms with Crippen LogP contribution in [0.4, 0.5) is 0 Å². The molecule has 7 heteroatoms. The van der Waals surface area contributed by atoms with E-state index in [0.717, 1.165) is 44.7 Å². The van der Waals surface area contributed by atoms with Crippen LogP contribution in [0, 0.1) is 6.92 Å². The normalized spacial score (nSPS) is 17.7. The highest BCUT2D eigenvalue weighted by Crippen LogP contribution is 2.27. The molecule has 0 aliphatic carbocycles. The Hall–Kier alpha value is -2.28. The maximum Gasteiger partial charge on any atom is 0.257 e. The van der Waals surface area contributed by atoms with Crippen molar-refractivity contribution in [2.75, 3.05) is 33.7 Å². The molecule has 1 aliphatic rings. The lowest BCUT2D eigenvalue weighted by Gasteiger charge is -2.32. The van der Waals surface area contributed by atoms with E-state index < -0.39 is 0 Å². The van der Waals surface area contributed by atoms with Crippen molar-refractivity contribution in [3.05, 3.63) is 42.0 Å². The number of carbonyl (C=O) groups excluding carboxylic acids is 1. The molecule has 3 rings (SSSR count). The number of aryl methyl sites for hydroxylation is 2. The molecule has 0 saturated carbocycles. The van der Waals surface area contributed by atoms with Gasteiger partial charge in [0.1, 0.15) is 11.6 Å². The van der Waals surface area contributed by atoms with Gasteiger partial charge in [-0.15, -0.1) is 0 Å². The summed E-state index contributed by atoms with van der Waals surface area (Å²) in [5.41, 5.74) is 0.561. The lowest BCUT2D eigenvalue weighted by Crippen LogP contribution is -2.40. The van der Waals surface area contributed by atoms with Crippen molar-refractivity contribution in [3.63, 3.8) is 0 Å². The fourth-order valence-electron chi connectivity index (χ4n) is 3.48. The van der Waals surface area contributed by atoms with E-state index >= 15 is 0 Å². The number of amides is 1. The summed E-state index contributed by atoms with van der Waals surface area (Å²) in [7, 11) is 4.18. The molecule has 1 unspecified atom stereocenters. The van der Waals surface area contributed by atoms with Gasteiger partial charge in [0.05, 0.1) is 5.56 Å². The summed E-state index contributed by atoms with van der Waals surface area (Å²) in [6.45, 7) is 5.33. The minimum Gasteiger partial charge on any atom is -0.338 e.